The Morgan fingerprint density at radius 3 is 1.14 bits per heavy atom. The van der Waals surface area contributed by atoms with Gasteiger partial charge in [0.2, 0.25) is 0 Å². The van der Waals surface area contributed by atoms with Crippen molar-refractivity contribution in [2.75, 3.05) is 52.9 Å². The average Bonchev–Trinajstić information content (AvgIpc) is 4.07. The molecule has 0 radical (unpaired) electrons. The Morgan fingerprint density at radius 1 is 0.475 bits per heavy atom. The third kappa shape index (κ3) is 9.94. The van der Waals surface area contributed by atoms with E-state index < -0.39 is 49.0 Å². The number of hydrogen-bond acceptors (Lipinski definition) is 16. The van der Waals surface area contributed by atoms with E-state index in [1.54, 1.807) is 0 Å². The first-order valence-electron chi connectivity index (χ1n) is 19.3. The maximum absolute atomic E-state index is 11.5. The minimum atomic E-state index is -0.711. The van der Waals surface area contributed by atoms with E-state index in [0.29, 0.717) is 23.7 Å². The fraction of sp³-hybridized carbons (Fsp3) is 0.395. The third-order valence-corrected chi connectivity index (χ3v) is 10.3. The highest BCUT2D eigenvalue weighted by atomic mass is 16.8. The highest BCUT2D eigenvalue weighted by molar-refractivity contribution is 5.63. The lowest BCUT2D eigenvalue weighted by Crippen LogP contribution is -2.22. The molecule has 3 aromatic rings. The summed E-state index contributed by atoms with van der Waals surface area (Å²) in [5.41, 5.74) is 4.14. The van der Waals surface area contributed by atoms with Crippen LogP contribution in [0.5, 0.6) is 17.2 Å². The molecule has 310 valence electrons. The summed E-state index contributed by atoms with van der Waals surface area (Å²) in [6, 6.07) is 23.5. The molecular weight excluding hydrogens is 772 g/mol. The zero-order chi connectivity index (χ0) is 40.7. The second-order valence-corrected chi connectivity index (χ2v) is 14.5. The molecule has 16 nitrogen and oxygen atoms in total. The van der Waals surface area contributed by atoms with Gasteiger partial charge in [0.05, 0.1) is 5.76 Å². The van der Waals surface area contributed by atoms with E-state index in [2.05, 4.69) is 13.0 Å². The predicted molar refractivity (Wildman–Crippen MR) is 201 cm³/mol. The molecule has 4 aliphatic heterocycles. The lowest BCUT2D eigenvalue weighted by molar-refractivity contribution is 0.0675. The summed E-state index contributed by atoms with van der Waals surface area (Å²) in [6.45, 7) is 3.24. The van der Waals surface area contributed by atoms with Gasteiger partial charge in [-0.3, -0.25) is 0 Å². The Bertz CT molecular complexity index is 1970. The van der Waals surface area contributed by atoms with Crippen molar-refractivity contribution in [1.82, 2.24) is 0 Å². The monoisotopic (exact) mass is 814 g/mol. The number of cyclic esters (lactones) is 8. The molecule has 8 rings (SSSR count). The van der Waals surface area contributed by atoms with Gasteiger partial charge >= 0.3 is 24.6 Å². The standard InChI is InChI=1S/C43H42O16/c1-25-16-29(8-15-37(25)51-20-36-24-55-43(47)59-36)39(28-6-13-32(14-7-28)50-19-35-23-54-42(46)58-35)38(26-2-9-30(10-3-26)48-17-33-21-52-40(44)56-33)27-4-11-31(12-5-27)49-18-34-22-53-41(45)57-34/h2-15,25,33-36,38-39H,16-24H2,1H3. The SMILES string of the molecule is CC1CC(C(c2ccc(OCC3COC(=O)O3)cc2)C(c2ccc(OCC3COC(=O)O3)cc2)c2ccc(OCC3COC(=O)O3)cc2)=CC=C1OCC1COC(=O)O1. The van der Waals surface area contributed by atoms with Gasteiger partial charge in [-0.2, -0.15) is 0 Å². The molecule has 0 amide bonds. The van der Waals surface area contributed by atoms with Gasteiger partial charge in [-0.05, 0) is 65.6 Å². The molecule has 3 aromatic carbocycles. The van der Waals surface area contributed by atoms with Gasteiger partial charge in [-0.15, -0.1) is 0 Å². The largest absolute Gasteiger partial charge is 0.508 e. The summed E-state index contributed by atoms with van der Waals surface area (Å²) in [4.78, 5) is 45.7. The Kier molecular flexibility index (Phi) is 11.9. The van der Waals surface area contributed by atoms with Crippen LogP contribution in [0.4, 0.5) is 19.2 Å². The zero-order valence-corrected chi connectivity index (χ0v) is 32.0. The van der Waals surface area contributed by atoms with E-state index in [1.165, 1.54) is 0 Å². The van der Waals surface area contributed by atoms with E-state index in [-0.39, 0.29) is 70.6 Å². The minimum absolute atomic E-state index is 0.0102. The van der Waals surface area contributed by atoms with Crippen molar-refractivity contribution in [2.45, 2.75) is 49.6 Å². The smallest absolute Gasteiger partial charge is 0.494 e. The molecule has 4 fully saturated rings. The van der Waals surface area contributed by atoms with Crippen molar-refractivity contribution in [3.05, 3.63) is 113 Å². The second kappa shape index (κ2) is 17.9. The number of hydrogen-bond donors (Lipinski definition) is 0. The van der Waals surface area contributed by atoms with Gasteiger partial charge in [0.15, 0.2) is 24.4 Å². The van der Waals surface area contributed by atoms with Crippen LogP contribution in [0.25, 0.3) is 0 Å². The first-order valence-corrected chi connectivity index (χ1v) is 19.3. The van der Waals surface area contributed by atoms with Crippen LogP contribution in [-0.4, -0.2) is 102 Å². The number of carbonyl (C=O) groups is 4. The Labute approximate surface area is 338 Å². The molecule has 16 heteroatoms. The lowest BCUT2D eigenvalue weighted by atomic mass is 9.70. The average molecular weight is 815 g/mol. The van der Waals surface area contributed by atoms with Crippen LogP contribution in [0.1, 0.15) is 41.9 Å². The van der Waals surface area contributed by atoms with E-state index >= 15 is 0 Å². The van der Waals surface area contributed by atoms with Crippen LogP contribution in [0, 0.1) is 5.92 Å². The van der Waals surface area contributed by atoms with Crippen LogP contribution >= 0.6 is 0 Å². The van der Waals surface area contributed by atoms with E-state index in [1.807, 2.05) is 78.9 Å². The lowest BCUT2D eigenvalue weighted by Gasteiger charge is -2.34. The Hall–Kier alpha value is -6.58. The molecule has 0 aromatic heterocycles. The molecule has 5 aliphatic rings. The van der Waals surface area contributed by atoms with Gasteiger partial charge in [0.1, 0.15) is 70.1 Å². The minimum Gasteiger partial charge on any atom is -0.494 e. The topological polar surface area (TPSA) is 179 Å². The van der Waals surface area contributed by atoms with Crippen LogP contribution in [0.3, 0.4) is 0 Å². The number of ether oxygens (including phenoxy) is 12. The summed E-state index contributed by atoms with van der Waals surface area (Å²) in [6.07, 6.45) is -0.0692. The van der Waals surface area contributed by atoms with Crippen molar-refractivity contribution in [2.24, 2.45) is 5.92 Å². The molecule has 4 saturated heterocycles. The zero-order valence-electron chi connectivity index (χ0n) is 32.0. The van der Waals surface area contributed by atoms with Crippen LogP contribution in [0.2, 0.25) is 0 Å². The second-order valence-electron chi connectivity index (χ2n) is 14.5. The fourth-order valence-electron chi connectivity index (χ4n) is 7.35. The molecule has 4 heterocycles. The molecule has 59 heavy (non-hydrogen) atoms. The van der Waals surface area contributed by atoms with E-state index in [4.69, 9.17) is 56.8 Å². The van der Waals surface area contributed by atoms with Crippen molar-refractivity contribution >= 4 is 24.6 Å². The van der Waals surface area contributed by atoms with Crippen molar-refractivity contribution in [1.29, 1.82) is 0 Å². The highest BCUT2D eigenvalue weighted by Crippen LogP contribution is 2.47. The summed E-state index contributed by atoms with van der Waals surface area (Å²) >= 11 is 0. The highest BCUT2D eigenvalue weighted by Gasteiger charge is 2.34. The molecule has 0 saturated carbocycles. The molecule has 0 bridgehead atoms. The van der Waals surface area contributed by atoms with Gasteiger partial charge < -0.3 is 56.8 Å². The van der Waals surface area contributed by atoms with Gasteiger partial charge in [0.25, 0.3) is 0 Å². The van der Waals surface area contributed by atoms with Crippen LogP contribution in [-0.2, 0) is 42.6 Å². The molecule has 1 aliphatic carbocycles. The predicted octanol–water partition coefficient (Wildman–Crippen LogP) is 6.75. The fourth-order valence-corrected chi connectivity index (χ4v) is 7.35. The first-order chi connectivity index (χ1) is 28.7. The Balaban J connectivity index is 1.10. The normalized spacial score (nSPS) is 24.4. The molecule has 0 N–H and O–H groups in total. The summed E-state index contributed by atoms with van der Waals surface area (Å²) < 4.78 is 64.2. The van der Waals surface area contributed by atoms with E-state index in [0.717, 1.165) is 28.0 Å². The van der Waals surface area contributed by atoms with Crippen LogP contribution < -0.4 is 14.2 Å². The summed E-state index contributed by atoms with van der Waals surface area (Å²) in [5, 5.41) is 0. The first kappa shape index (κ1) is 39.3. The molecule has 6 unspecified atom stereocenters. The van der Waals surface area contributed by atoms with E-state index in [9.17, 15) is 19.2 Å². The molecule has 0 spiro atoms. The number of rotatable bonds is 17. The van der Waals surface area contributed by atoms with Crippen LogP contribution in [0.15, 0.2) is 96.3 Å². The maximum Gasteiger partial charge on any atom is 0.508 e. The number of benzene rings is 3. The maximum atomic E-state index is 11.5. The number of carbonyl (C=O) groups excluding carboxylic acids is 4. The van der Waals surface area contributed by atoms with Crippen molar-refractivity contribution in [3.8, 4) is 17.2 Å². The third-order valence-electron chi connectivity index (χ3n) is 10.3. The summed E-state index contributed by atoms with van der Waals surface area (Å²) in [7, 11) is 0. The van der Waals surface area contributed by atoms with Gasteiger partial charge in [0, 0.05) is 17.8 Å². The van der Waals surface area contributed by atoms with Gasteiger partial charge in [-0.25, -0.2) is 19.2 Å². The molecular formula is C43H42O16. The van der Waals surface area contributed by atoms with Crippen molar-refractivity contribution in [3.63, 3.8) is 0 Å². The Morgan fingerprint density at radius 2 is 0.814 bits per heavy atom. The summed E-state index contributed by atoms with van der Waals surface area (Å²) in [5.74, 6) is 2.11. The number of allylic oxidation sites excluding steroid dienone is 4. The van der Waals surface area contributed by atoms with Gasteiger partial charge in [-0.1, -0.05) is 55.0 Å². The van der Waals surface area contributed by atoms with Crippen molar-refractivity contribution < 1.29 is 76.0 Å². The quantitative estimate of drug-likeness (QED) is 0.103. The molecule has 6 atom stereocenters.